The molecule has 0 saturated heterocycles. The zero-order valence-corrected chi connectivity index (χ0v) is 9.72. The first-order chi connectivity index (χ1) is 8.25. The van der Waals surface area contributed by atoms with Crippen LogP contribution in [-0.2, 0) is 20.5 Å². The monoisotopic (exact) mass is 281 g/mol. The van der Waals surface area contributed by atoms with Crippen LogP contribution in [0.25, 0.3) is 0 Å². The predicted molar refractivity (Wildman–Crippen MR) is 57.1 cm³/mol. The fourth-order valence-electron chi connectivity index (χ4n) is 1.06. The van der Waals surface area contributed by atoms with E-state index in [1.165, 1.54) is 0 Å². The first-order valence-corrected chi connectivity index (χ1v) is 4.89. The Hall–Kier alpha value is -1.76. The van der Waals surface area contributed by atoms with Crippen molar-refractivity contribution < 1.29 is 27.5 Å². The Balaban J connectivity index is 3.02. The van der Waals surface area contributed by atoms with Gasteiger partial charge in [0.05, 0.1) is 23.4 Å². The maximum atomic E-state index is 12.4. The van der Waals surface area contributed by atoms with Gasteiger partial charge in [0.2, 0.25) is 0 Å². The molecule has 1 amide bonds. The third kappa shape index (κ3) is 3.36. The maximum Gasteiger partial charge on any atom is 0.416 e. The quantitative estimate of drug-likeness (QED) is 0.635. The van der Waals surface area contributed by atoms with Gasteiger partial charge < -0.3 is 10.1 Å². The summed E-state index contributed by atoms with van der Waals surface area (Å²) in [6.45, 7) is 0. The van der Waals surface area contributed by atoms with Crippen molar-refractivity contribution in [1.29, 1.82) is 0 Å². The van der Waals surface area contributed by atoms with Gasteiger partial charge in [0.15, 0.2) is 0 Å². The number of hydrogen-bond donors (Lipinski definition) is 1. The smallest absolute Gasteiger partial charge is 0.416 e. The minimum absolute atomic E-state index is 0.125. The molecular weight excluding hydrogens is 275 g/mol. The number of amides is 1. The summed E-state index contributed by atoms with van der Waals surface area (Å²) >= 11 is 5.60. The predicted octanol–water partition coefficient (Wildman–Crippen LogP) is 2.47. The fraction of sp³-hybridized carbons (Fsp3) is 0.200. The van der Waals surface area contributed by atoms with E-state index >= 15 is 0 Å². The molecule has 0 spiro atoms. The van der Waals surface area contributed by atoms with Crippen LogP contribution >= 0.6 is 11.6 Å². The zero-order chi connectivity index (χ0) is 13.9. The molecule has 0 radical (unpaired) electrons. The zero-order valence-electron chi connectivity index (χ0n) is 8.97. The number of anilines is 1. The molecule has 0 unspecified atom stereocenters. The summed E-state index contributed by atoms with van der Waals surface area (Å²) in [5.74, 6) is -2.44. The lowest BCUT2D eigenvalue weighted by Crippen LogP contribution is -2.24. The normalized spacial score (nSPS) is 10.9. The Bertz CT molecular complexity index is 488. The number of methoxy groups -OCH3 is 1. The number of nitrogens with one attached hydrogen (secondary N) is 1. The van der Waals surface area contributed by atoms with Gasteiger partial charge in [0.1, 0.15) is 0 Å². The van der Waals surface area contributed by atoms with Crippen molar-refractivity contribution in [3.05, 3.63) is 28.8 Å². The van der Waals surface area contributed by atoms with Crippen LogP contribution in [0.5, 0.6) is 0 Å². The van der Waals surface area contributed by atoms with Crippen molar-refractivity contribution in [1.82, 2.24) is 0 Å². The van der Waals surface area contributed by atoms with Gasteiger partial charge in [-0.2, -0.15) is 13.2 Å². The van der Waals surface area contributed by atoms with Crippen LogP contribution in [0.4, 0.5) is 18.9 Å². The van der Waals surface area contributed by atoms with Gasteiger partial charge in [-0.15, -0.1) is 0 Å². The van der Waals surface area contributed by atoms with Crippen LogP contribution in [0.3, 0.4) is 0 Å². The SMILES string of the molecule is COC(=O)C(=O)Nc1cc(C(F)(F)F)ccc1Cl. The number of benzene rings is 1. The van der Waals surface area contributed by atoms with Gasteiger partial charge in [-0.3, -0.25) is 4.79 Å². The molecule has 0 fully saturated rings. The first kappa shape index (κ1) is 14.3. The summed E-state index contributed by atoms with van der Waals surface area (Å²) in [6.07, 6.45) is -4.57. The van der Waals surface area contributed by atoms with Gasteiger partial charge in [0.25, 0.3) is 0 Å². The van der Waals surface area contributed by atoms with Crippen LogP contribution in [0, 0.1) is 0 Å². The summed E-state index contributed by atoms with van der Waals surface area (Å²) in [5, 5.41) is 1.80. The van der Waals surface area contributed by atoms with E-state index in [0.29, 0.717) is 6.07 Å². The van der Waals surface area contributed by atoms with Gasteiger partial charge in [-0.25, -0.2) is 4.79 Å². The molecule has 18 heavy (non-hydrogen) atoms. The Morgan fingerprint density at radius 3 is 2.44 bits per heavy atom. The summed E-state index contributed by atoms with van der Waals surface area (Å²) in [5.41, 5.74) is -1.31. The summed E-state index contributed by atoms with van der Waals surface area (Å²) < 4.78 is 41.3. The molecule has 0 heterocycles. The number of alkyl halides is 3. The maximum absolute atomic E-state index is 12.4. The van der Waals surface area contributed by atoms with E-state index in [2.05, 4.69) is 4.74 Å². The Labute approximate surface area is 105 Å². The number of carbonyl (C=O) groups is 2. The lowest BCUT2D eigenvalue weighted by atomic mass is 10.2. The molecule has 1 rings (SSSR count). The Kier molecular flexibility index (Phi) is 4.18. The molecule has 0 bridgehead atoms. The van der Waals surface area contributed by atoms with E-state index in [-0.39, 0.29) is 10.7 Å². The fourth-order valence-corrected chi connectivity index (χ4v) is 1.23. The molecule has 0 aliphatic rings. The Morgan fingerprint density at radius 2 is 1.94 bits per heavy atom. The highest BCUT2D eigenvalue weighted by Gasteiger charge is 2.31. The van der Waals surface area contributed by atoms with Crippen molar-refractivity contribution in [2.24, 2.45) is 0 Å². The molecule has 0 saturated carbocycles. The van der Waals surface area contributed by atoms with Crippen molar-refractivity contribution in [2.75, 3.05) is 12.4 Å². The Morgan fingerprint density at radius 1 is 1.33 bits per heavy atom. The van der Waals surface area contributed by atoms with Gasteiger partial charge in [0, 0.05) is 0 Å². The molecule has 0 aliphatic heterocycles. The third-order valence-electron chi connectivity index (χ3n) is 1.91. The summed E-state index contributed by atoms with van der Waals surface area (Å²) in [4.78, 5) is 21.9. The number of halogens is 4. The lowest BCUT2D eigenvalue weighted by molar-refractivity contribution is -0.150. The highest BCUT2D eigenvalue weighted by Crippen LogP contribution is 2.33. The largest absolute Gasteiger partial charge is 0.462 e. The van der Waals surface area contributed by atoms with E-state index in [1.807, 2.05) is 5.32 Å². The van der Waals surface area contributed by atoms with E-state index in [1.54, 1.807) is 0 Å². The van der Waals surface area contributed by atoms with E-state index in [0.717, 1.165) is 19.2 Å². The highest BCUT2D eigenvalue weighted by molar-refractivity contribution is 6.39. The molecule has 0 aliphatic carbocycles. The van der Waals surface area contributed by atoms with Crippen LogP contribution in [0.1, 0.15) is 5.56 Å². The van der Waals surface area contributed by atoms with Crippen molar-refractivity contribution in [2.45, 2.75) is 6.18 Å². The van der Waals surface area contributed by atoms with Crippen molar-refractivity contribution in [3.8, 4) is 0 Å². The highest BCUT2D eigenvalue weighted by atomic mass is 35.5. The number of esters is 1. The van der Waals surface area contributed by atoms with E-state index < -0.39 is 23.6 Å². The average Bonchev–Trinajstić information content (AvgIpc) is 2.29. The van der Waals surface area contributed by atoms with Crippen LogP contribution in [0.2, 0.25) is 5.02 Å². The van der Waals surface area contributed by atoms with Gasteiger partial charge in [-0.1, -0.05) is 11.6 Å². The number of carbonyl (C=O) groups excluding carboxylic acids is 2. The minimum atomic E-state index is -4.57. The molecule has 4 nitrogen and oxygen atoms in total. The molecule has 98 valence electrons. The molecule has 0 atom stereocenters. The molecule has 1 N–H and O–H groups in total. The molecule has 8 heteroatoms. The number of rotatable bonds is 1. The van der Waals surface area contributed by atoms with E-state index in [9.17, 15) is 22.8 Å². The second kappa shape index (κ2) is 5.26. The second-order valence-electron chi connectivity index (χ2n) is 3.14. The topological polar surface area (TPSA) is 55.4 Å². The first-order valence-electron chi connectivity index (χ1n) is 4.51. The number of hydrogen-bond acceptors (Lipinski definition) is 3. The van der Waals surface area contributed by atoms with Crippen LogP contribution < -0.4 is 5.32 Å². The van der Waals surface area contributed by atoms with Gasteiger partial charge >= 0.3 is 18.1 Å². The van der Waals surface area contributed by atoms with Crippen molar-refractivity contribution >= 4 is 29.2 Å². The second-order valence-corrected chi connectivity index (χ2v) is 3.55. The number of ether oxygens (including phenoxy) is 1. The van der Waals surface area contributed by atoms with Crippen LogP contribution in [0.15, 0.2) is 18.2 Å². The standard InChI is InChI=1S/C10H7ClF3NO3/c1-18-9(17)8(16)15-7-4-5(10(12,13)14)2-3-6(7)11/h2-4H,1H3,(H,15,16). The molecule has 1 aromatic carbocycles. The summed E-state index contributed by atoms with van der Waals surface area (Å²) in [6, 6.07) is 2.36. The molecular formula is C10H7ClF3NO3. The lowest BCUT2D eigenvalue weighted by Gasteiger charge is -2.10. The molecule has 0 aromatic heterocycles. The van der Waals surface area contributed by atoms with Gasteiger partial charge in [-0.05, 0) is 18.2 Å². The van der Waals surface area contributed by atoms with Crippen LogP contribution in [-0.4, -0.2) is 19.0 Å². The molecule has 1 aromatic rings. The van der Waals surface area contributed by atoms with E-state index in [4.69, 9.17) is 11.6 Å². The third-order valence-corrected chi connectivity index (χ3v) is 2.24. The summed E-state index contributed by atoms with van der Waals surface area (Å²) in [7, 11) is 0.968. The minimum Gasteiger partial charge on any atom is -0.462 e. The average molecular weight is 282 g/mol. The van der Waals surface area contributed by atoms with Crippen molar-refractivity contribution in [3.63, 3.8) is 0 Å².